The zero-order valence-corrected chi connectivity index (χ0v) is 9.89. The highest BCUT2D eigenvalue weighted by Crippen LogP contribution is 2.14. The van der Waals surface area contributed by atoms with Gasteiger partial charge in [-0.15, -0.1) is 10.2 Å². The molecule has 0 bridgehead atoms. The lowest BCUT2D eigenvalue weighted by Crippen LogP contribution is -2.36. The number of nitrogens with zero attached hydrogens (tertiary/aromatic N) is 3. The molecule has 1 heterocycles. The third-order valence-corrected chi connectivity index (χ3v) is 1.87. The molecule has 0 atom stereocenters. The van der Waals surface area contributed by atoms with Crippen LogP contribution >= 0.6 is 0 Å². The number of rotatable bonds is 1. The van der Waals surface area contributed by atoms with Crippen LogP contribution in [0.15, 0.2) is 39.9 Å². The maximum atomic E-state index is 11.5. The van der Waals surface area contributed by atoms with Crippen LogP contribution < -0.4 is 10.6 Å². The van der Waals surface area contributed by atoms with Crippen molar-refractivity contribution in [2.45, 2.75) is 26.4 Å². The minimum Gasteiger partial charge on any atom is -0.593 e. The van der Waals surface area contributed by atoms with Gasteiger partial charge in [-0.25, -0.2) is 0 Å². The van der Waals surface area contributed by atoms with Crippen LogP contribution in [0.3, 0.4) is 0 Å². The van der Waals surface area contributed by atoms with Crippen molar-refractivity contribution in [3.63, 3.8) is 0 Å². The third-order valence-electron chi connectivity index (χ3n) is 1.87. The number of nitrogens with one attached hydrogen (secondary N) is 1. The van der Waals surface area contributed by atoms with Gasteiger partial charge in [-0.2, -0.15) is 10.6 Å². The van der Waals surface area contributed by atoms with E-state index in [4.69, 9.17) is 4.74 Å². The highest BCUT2D eigenvalue weighted by atomic mass is 16.6. The maximum Gasteiger partial charge on any atom is 0.174 e. The Morgan fingerprint density at radius 3 is 3.06 bits per heavy atom. The van der Waals surface area contributed by atoms with E-state index in [-0.39, 0.29) is 0 Å². The molecule has 0 saturated carbocycles. The van der Waals surface area contributed by atoms with Crippen LogP contribution in [-0.4, -0.2) is 22.5 Å². The molecule has 6 nitrogen and oxygen atoms in total. The van der Waals surface area contributed by atoms with E-state index in [0.717, 1.165) is 0 Å². The maximum absolute atomic E-state index is 11.5. The van der Waals surface area contributed by atoms with E-state index in [2.05, 4.69) is 21.5 Å². The second kappa shape index (κ2) is 3.99. The molecule has 0 aromatic heterocycles. The monoisotopic (exact) mass is 233 g/mol. The van der Waals surface area contributed by atoms with Crippen LogP contribution in [0, 0.1) is 0 Å². The molecule has 0 amide bonds. The molecule has 0 radical (unpaired) electrons. The van der Waals surface area contributed by atoms with E-state index < -0.39 is 11.7 Å². The summed E-state index contributed by atoms with van der Waals surface area (Å²) in [6.45, 7) is 5.34. The van der Waals surface area contributed by atoms with Gasteiger partial charge in [-0.05, 0) is 12.2 Å². The van der Waals surface area contributed by atoms with Crippen molar-refractivity contribution in [2.24, 2.45) is 10.2 Å². The highest BCUT2D eigenvalue weighted by molar-refractivity contribution is 6.09. The van der Waals surface area contributed by atoms with Crippen LogP contribution in [-0.2, 0) is 4.74 Å². The number of allylic oxidation sites excluding steroid dienone is 2. The SMILES string of the molecule is CC(C)(C)OC([O-])=NN1NN=C2C=CC=C=C21. The predicted molar refractivity (Wildman–Crippen MR) is 61.4 cm³/mol. The molecule has 2 rings (SSSR count). The Labute approximate surface area is 99.2 Å². The van der Waals surface area contributed by atoms with Crippen molar-refractivity contribution in [2.75, 3.05) is 0 Å². The number of hydrazine groups is 1. The molecule has 0 aromatic carbocycles. The van der Waals surface area contributed by atoms with Crippen LogP contribution in [0.2, 0.25) is 0 Å². The Balaban J connectivity index is 2.12. The fourth-order valence-electron chi connectivity index (χ4n) is 1.27. The lowest BCUT2D eigenvalue weighted by Gasteiger charge is -2.30. The van der Waals surface area contributed by atoms with E-state index in [1.807, 2.05) is 0 Å². The minimum atomic E-state index is -0.676. The van der Waals surface area contributed by atoms with Crippen LogP contribution in [0.25, 0.3) is 0 Å². The summed E-state index contributed by atoms with van der Waals surface area (Å²) in [5.74, 6) is 0. The zero-order valence-electron chi connectivity index (χ0n) is 9.89. The van der Waals surface area contributed by atoms with Crippen molar-refractivity contribution in [1.82, 2.24) is 10.7 Å². The number of ether oxygens (including phenoxy) is 1. The van der Waals surface area contributed by atoms with Gasteiger partial charge in [-0.1, -0.05) is 32.6 Å². The van der Waals surface area contributed by atoms with Crippen molar-refractivity contribution in [3.05, 3.63) is 29.7 Å². The number of hydrogen-bond acceptors (Lipinski definition) is 6. The Bertz CT molecular complexity index is 476. The lowest BCUT2D eigenvalue weighted by atomic mass is 10.2. The van der Waals surface area contributed by atoms with Gasteiger partial charge in [0.1, 0.15) is 5.71 Å². The van der Waals surface area contributed by atoms with Crippen LogP contribution in [0.4, 0.5) is 0 Å². The van der Waals surface area contributed by atoms with Gasteiger partial charge < -0.3 is 9.84 Å². The molecule has 90 valence electrons. The predicted octanol–water partition coefficient (Wildman–Crippen LogP) is 0.218. The van der Waals surface area contributed by atoms with E-state index in [0.29, 0.717) is 11.4 Å². The van der Waals surface area contributed by atoms with Crippen LogP contribution in [0.1, 0.15) is 20.8 Å². The van der Waals surface area contributed by atoms with E-state index in [1.54, 1.807) is 39.0 Å². The molecule has 0 unspecified atom stereocenters. The Morgan fingerprint density at radius 1 is 1.59 bits per heavy atom. The average molecular weight is 233 g/mol. The molecule has 0 saturated heterocycles. The quantitative estimate of drug-likeness (QED) is 0.399. The Morgan fingerprint density at radius 2 is 2.35 bits per heavy atom. The first-order valence-electron chi connectivity index (χ1n) is 5.17. The molecule has 0 fully saturated rings. The Kier molecular flexibility index (Phi) is 2.65. The first kappa shape index (κ1) is 11.3. The largest absolute Gasteiger partial charge is 0.593 e. The van der Waals surface area contributed by atoms with Gasteiger partial charge >= 0.3 is 0 Å². The van der Waals surface area contributed by atoms with Crippen molar-refractivity contribution < 1.29 is 9.84 Å². The molecule has 0 aromatic rings. The summed E-state index contributed by atoms with van der Waals surface area (Å²) in [6.07, 6.45) is 4.65. The first-order valence-corrected chi connectivity index (χ1v) is 5.17. The molecule has 2 aliphatic rings. The summed E-state index contributed by atoms with van der Waals surface area (Å²) in [4.78, 5) is 0. The van der Waals surface area contributed by atoms with Crippen LogP contribution in [0.5, 0.6) is 0 Å². The van der Waals surface area contributed by atoms with Gasteiger partial charge in [-0.3, -0.25) is 0 Å². The summed E-state index contributed by atoms with van der Waals surface area (Å²) < 4.78 is 5.07. The zero-order chi connectivity index (χ0) is 12.5. The summed E-state index contributed by atoms with van der Waals surface area (Å²) >= 11 is 0. The minimum absolute atomic E-state index is 0.569. The van der Waals surface area contributed by atoms with E-state index in [9.17, 15) is 5.11 Å². The second-order valence-corrected chi connectivity index (χ2v) is 4.51. The molecule has 1 N–H and O–H groups in total. The summed E-state index contributed by atoms with van der Waals surface area (Å²) in [7, 11) is 0. The normalized spacial score (nSPS) is 18.5. The van der Waals surface area contributed by atoms with Gasteiger partial charge in [0, 0.05) is 5.60 Å². The number of fused-ring (bicyclic) bond motifs is 1. The molecule has 17 heavy (non-hydrogen) atoms. The fourth-order valence-corrected chi connectivity index (χ4v) is 1.27. The van der Waals surface area contributed by atoms with Gasteiger partial charge in [0.2, 0.25) is 0 Å². The molecule has 0 spiro atoms. The average Bonchev–Trinajstić information content (AvgIpc) is 2.59. The summed E-state index contributed by atoms with van der Waals surface area (Å²) in [6, 6.07) is 0. The van der Waals surface area contributed by atoms with Gasteiger partial charge in [0.25, 0.3) is 0 Å². The molecular formula is C11H13N4O2-. The van der Waals surface area contributed by atoms with E-state index >= 15 is 0 Å². The Hall–Kier alpha value is -2.20. The fraction of sp³-hybridized carbons (Fsp3) is 0.364. The van der Waals surface area contributed by atoms with Crippen molar-refractivity contribution in [3.8, 4) is 0 Å². The molecular weight excluding hydrogens is 220 g/mol. The summed E-state index contributed by atoms with van der Waals surface area (Å²) in [5, 5.41) is 20.4. The smallest absolute Gasteiger partial charge is 0.174 e. The van der Waals surface area contributed by atoms with Gasteiger partial charge in [0.15, 0.2) is 11.8 Å². The number of hydrogen-bond donors (Lipinski definition) is 1. The standard InChI is InChI=1S/C11H14N4O2/c1-11(2,3)17-10(16)13-15-9-7-5-4-6-8(9)12-14-15/h4-6,14H,1-3H3,(H,13,16)/p-1. The van der Waals surface area contributed by atoms with Crippen molar-refractivity contribution >= 4 is 11.8 Å². The molecule has 1 aliphatic carbocycles. The van der Waals surface area contributed by atoms with E-state index in [1.165, 1.54) is 5.12 Å². The molecule has 1 aliphatic heterocycles. The molecule has 6 heteroatoms. The lowest BCUT2D eigenvalue weighted by molar-refractivity contribution is -0.262. The highest BCUT2D eigenvalue weighted by Gasteiger charge is 2.20. The third kappa shape index (κ3) is 2.68. The number of hydrazone groups is 2. The second-order valence-electron chi connectivity index (χ2n) is 4.51. The van der Waals surface area contributed by atoms with Gasteiger partial charge in [0.05, 0.1) is 0 Å². The van der Waals surface area contributed by atoms with Crippen molar-refractivity contribution in [1.29, 1.82) is 0 Å². The first-order chi connectivity index (χ1) is 7.96. The summed E-state index contributed by atoms with van der Waals surface area (Å²) in [5.41, 5.74) is 6.24. The topological polar surface area (TPSA) is 72.3 Å².